The number of aromatic nitrogens is 2. The van der Waals surface area contributed by atoms with Crippen LogP contribution in [-0.4, -0.2) is 26.8 Å². The normalized spacial score (nSPS) is 15.0. The van der Waals surface area contributed by atoms with Crippen molar-refractivity contribution in [2.45, 2.75) is 24.4 Å². The Kier molecular flexibility index (Phi) is 3.28. The van der Waals surface area contributed by atoms with Gasteiger partial charge in [-0.2, -0.15) is 0 Å². The first-order chi connectivity index (χ1) is 7.65. The van der Waals surface area contributed by atoms with Crippen LogP contribution in [0.1, 0.15) is 18.4 Å². The van der Waals surface area contributed by atoms with Crippen LogP contribution in [0.3, 0.4) is 0 Å². The second-order valence-electron chi connectivity index (χ2n) is 3.89. The summed E-state index contributed by atoms with van der Waals surface area (Å²) < 4.78 is 0. The van der Waals surface area contributed by atoms with E-state index < -0.39 is 5.97 Å². The molecule has 0 bridgehead atoms. The SMILES string of the molecule is Nc1nc(SCC(=O)O)ncc1CC1CC1. The number of nitrogens with two attached hydrogens (primary N) is 1. The molecule has 2 rings (SSSR count). The van der Waals surface area contributed by atoms with Crippen LogP contribution in [0, 0.1) is 5.92 Å². The average molecular weight is 239 g/mol. The van der Waals surface area contributed by atoms with Crippen LogP contribution in [0.5, 0.6) is 0 Å². The van der Waals surface area contributed by atoms with E-state index in [0.717, 1.165) is 29.7 Å². The van der Waals surface area contributed by atoms with E-state index in [9.17, 15) is 4.79 Å². The number of hydrogen-bond acceptors (Lipinski definition) is 5. The quantitative estimate of drug-likeness (QED) is 0.592. The highest BCUT2D eigenvalue weighted by atomic mass is 32.2. The minimum atomic E-state index is -0.880. The predicted molar refractivity (Wildman–Crippen MR) is 61.2 cm³/mol. The summed E-state index contributed by atoms with van der Waals surface area (Å²) in [7, 11) is 0. The van der Waals surface area contributed by atoms with Crippen molar-refractivity contribution < 1.29 is 9.90 Å². The highest BCUT2D eigenvalue weighted by Crippen LogP contribution is 2.33. The molecule has 1 aliphatic carbocycles. The Morgan fingerprint density at radius 3 is 2.94 bits per heavy atom. The molecule has 0 radical (unpaired) electrons. The topological polar surface area (TPSA) is 89.1 Å². The molecule has 1 aliphatic rings. The molecule has 6 heteroatoms. The summed E-state index contributed by atoms with van der Waals surface area (Å²) in [5.41, 5.74) is 6.77. The lowest BCUT2D eigenvalue weighted by Crippen LogP contribution is -2.04. The zero-order valence-electron chi connectivity index (χ0n) is 8.72. The lowest BCUT2D eigenvalue weighted by atomic mass is 10.1. The van der Waals surface area contributed by atoms with Crippen LogP contribution in [0.4, 0.5) is 5.82 Å². The van der Waals surface area contributed by atoms with E-state index in [1.165, 1.54) is 12.8 Å². The first-order valence-corrected chi connectivity index (χ1v) is 6.09. The van der Waals surface area contributed by atoms with Gasteiger partial charge >= 0.3 is 5.97 Å². The molecule has 86 valence electrons. The zero-order valence-corrected chi connectivity index (χ0v) is 9.54. The summed E-state index contributed by atoms with van der Waals surface area (Å²) in [6.45, 7) is 0. The van der Waals surface area contributed by atoms with Crippen molar-refractivity contribution in [2.24, 2.45) is 5.92 Å². The van der Waals surface area contributed by atoms with Gasteiger partial charge in [-0.1, -0.05) is 11.8 Å². The summed E-state index contributed by atoms with van der Waals surface area (Å²) in [5, 5.41) is 8.95. The summed E-state index contributed by atoms with van der Waals surface area (Å²) in [6.07, 6.45) is 5.17. The third-order valence-electron chi connectivity index (χ3n) is 2.41. The molecule has 0 spiro atoms. The fourth-order valence-electron chi connectivity index (χ4n) is 1.39. The second kappa shape index (κ2) is 4.69. The Hall–Kier alpha value is -1.30. The maximum Gasteiger partial charge on any atom is 0.313 e. The largest absolute Gasteiger partial charge is 0.481 e. The minimum Gasteiger partial charge on any atom is -0.481 e. The number of hydrogen-bond donors (Lipinski definition) is 2. The van der Waals surface area contributed by atoms with Crippen molar-refractivity contribution in [3.05, 3.63) is 11.8 Å². The number of anilines is 1. The van der Waals surface area contributed by atoms with Gasteiger partial charge in [0, 0.05) is 11.8 Å². The predicted octanol–water partition coefficient (Wildman–Crippen LogP) is 1.19. The molecule has 0 atom stereocenters. The van der Waals surface area contributed by atoms with E-state index in [1.807, 2.05) is 0 Å². The van der Waals surface area contributed by atoms with Gasteiger partial charge in [0.15, 0.2) is 5.16 Å². The number of nitrogen functional groups attached to an aromatic ring is 1. The van der Waals surface area contributed by atoms with Crippen molar-refractivity contribution in [3.8, 4) is 0 Å². The minimum absolute atomic E-state index is 0.0403. The molecular formula is C10H13N3O2S. The van der Waals surface area contributed by atoms with E-state index >= 15 is 0 Å². The molecule has 1 aromatic heterocycles. The molecule has 1 aromatic rings. The summed E-state index contributed by atoms with van der Waals surface area (Å²) in [6, 6.07) is 0. The van der Waals surface area contributed by atoms with Crippen LogP contribution in [-0.2, 0) is 11.2 Å². The maximum atomic E-state index is 10.4. The summed E-state index contributed by atoms with van der Waals surface area (Å²) in [5.74, 6) is 0.300. The van der Waals surface area contributed by atoms with Gasteiger partial charge in [-0.15, -0.1) is 0 Å². The lowest BCUT2D eigenvalue weighted by Gasteiger charge is -2.04. The smallest absolute Gasteiger partial charge is 0.313 e. The van der Waals surface area contributed by atoms with Crippen LogP contribution in [0.15, 0.2) is 11.4 Å². The second-order valence-corrected chi connectivity index (χ2v) is 4.84. The van der Waals surface area contributed by atoms with Gasteiger partial charge in [-0.25, -0.2) is 9.97 Å². The Bertz CT molecular complexity index is 407. The van der Waals surface area contributed by atoms with Gasteiger partial charge in [0.05, 0.1) is 5.75 Å². The molecule has 1 saturated carbocycles. The number of carboxylic acids is 1. The average Bonchev–Trinajstić information content (AvgIpc) is 3.02. The molecular weight excluding hydrogens is 226 g/mol. The fraction of sp³-hybridized carbons (Fsp3) is 0.500. The van der Waals surface area contributed by atoms with Crippen LogP contribution in [0.25, 0.3) is 0 Å². The third kappa shape index (κ3) is 3.10. The van der Waals surface area contributed by atoms with E-state index in [2.05, 4.69) is 9.97 Å². The van der Waals surface area contributed by atoms with E-state index in [4.69, 9.17) is 10.8 Å². The molecule has 0 aromatic carbocycles. The van der Waals surface area contributed by atoms with Gasteiger partial charge in [0.25, 0.3) is 0 Å². The van der Waals surface area contributed by atoms with Crippen molar-refractivity contribution >= 4 is 23.5 Å². The standard InChI is InChI=1S/C10H13N3O2S/c11-9-7(3-6-1-2-6)4-12-10(13-9)16-5-8(14)15/h4,6H,1-3,5H2,(H,14,15)(H2,11,12,13). The van der Waals surface area contributed by atoms with Crippen molar-refractivity contribution in [3.63, 3.8) is 0 Å². The first-order valence-electron chi connectivity index (χ1n) is 5.11. The number of carbonyl (C=O) groups is 1. The Balaban J connectivity index is 2.00. The van der Waals surface area contributed by atoms with E-state index in [0.29, 0.717) is 11.0 Å². The summed E-state index contributed by atoms with van der Waals surface area (Å²) in [4.78, 5) is 18.6. The number of thioether (sulfide) groups is 1. The van der Waals surface area contributed by atoms with Crippen LogP contribution in [0.2, 0.25) is 0 Å². The summed E-state index contributed by atoms with van der Waals surface area (Å²) >= 11 is 1.08. The number of carboxylic acid groups (broad SMARTS) is 1. The number of nitrogens with zero attached hydrogens (tertiary/aromatic N) is 2. The molecule has 0 aliphatic heterocycles. The van der Waals surface area contributed by atoms with Gasteiger partial charge in [0.1, 0.15) is 5.82 Å². The van der Waals surface area contributed by atoms with Crippen molar-refractivity contribution in [1.29, 1.82) is 0 Å². The van der Waals surface area contributed by atoms with Gasteiger partial charge in [-0.05, 0) is 25.2 Å². The molecule has 16 heavy (non-hydrogen) atoms. The maximum absolute atomic E-state index is 10.4. The van der Waals surface area contributed by atoms with E-state index in [1.54, 1.807) is 6.20 Å². The first kappa shape index (κ1) is 11.2. The highest BCUT2D eigenvalue weighted by Gasteiger charge is 2.23. The Morgan fingerprint density at radius 1 is 1.62 bits per heavy atom. The van der Waals surface area contributed by atoms with Crippen molar-refractivity contribution in [2.75, 3.05) is 11.5 Å². The molecule has 1 heterocycles. The molecule has 0 amide bonds. The lowest BCUT2D eigenvalue weighted by molar-refractivity contribution is -0.133. The Morgan fingerprint density at radius 2 is 2.38 bits per heavy atom. The highest BCUT2D eigenvalue weighted by molar-refractivity contribution is 7.99. The van der Waals surface area contributed by atoms with Gasteiger partial charge in [-0.3, -0.25) is 4.79 Å². The molecule has 1 fully saturated rings. The van der Waals surface area contributed by atoms with Gasteiger partial charge in [0.2, 0.25) is 0 Å². The third-order valence-corrected chi connectivity index (χ3v) is 3.25. The molecule has 3 N–H and O–H groups in total. The van der Waals surface area contributed by atoms with Crippen LogP contribution >= 0.6 is 11.8 Å². The van der Waals surface area contributed by atoms with Gasteiger partial charge < -0.3 is 10.8 Å². The molecule has 0 unspecified atom stereocenters. The Labute approximate surface area is 97.5 Å². The molecule has 5 nitrogen and oxygen atoms in total. The number of aliphatic carboxylic acids is 1. The fourth-order valence-corrected chi connectivity index (χ4v) is 1.93. The number of rotatable bonds is 5. The zero-order chi connectivity index (χ0) is 11.5. The monoisotopic (exact) mass is 239 g/mol. The van der Waals surface area contributed by atoms with E-state index in [-0.39, 0.29) is 5.75 Å². The molecule has 0 saturated heterocycles. The van der Waals surface area contributed by atoms with Crippen molar-refractivity contribution in [1.82, 2.24) is 9.97 Å². The van der Waals surface area contributed by atoms with Crippen LogP contribution < -0.4 is 5.73 Å².